The monoisotopic (exact) mass is 311 g/mol. The molecule has 0 saturated carbocycles. The van der Waals surface area contributed by atoms with E-state index in [0.717, 1.165) is 50.2 Å². The Bertz CT molecular complexity index is 511. The molecule has 1 saturated heterocycles. The molecule has 122 valence electrons. The summed E-state index contributed by atoms with van der Waals surface area (Å²) in [6, 6.07) is 0. The van der Waals surface area contributed by atoms with Crippen LogP contribution in [0.2, 0.25) is 0 Å². The number of ether oxygens (including phenoxy) is 1. The number of aromatic amines is 1. The van der Waals surface area contributed by atoms with Crippen LogP contribution >= 0.6 is 0 Å². The fraction of sp³-hybridized carbons (Fsp3) is 0.643. The summed E-state index contributed by atoms with van der Waals surface area (Å²) in [6.45, 7) is 3.10. The molecule has 2 aliphatic rings. The predicted molar refractivity (Wildman–Crippen MR) is 76.8 cm³/mol. The molecule has 8 heteroatoms. The number of aromatic nitrogens is 2. The van der Waals surface area contributed by atoms with Crippen molar-refractivity contribution in [2.75, 3.05) is 19.7 Å². The first-order valence-electron chi connectivity index (χ1n) is 7.37. The fourth-order valence-corrected chi connectivity index (χ4v) is 2.92. The van der Waals surface area contributed by atoms with E-state index < -0.39 is 5.97 Å². The molecular weight excluding hydrogens is 290 g/mol. The number of hydrogen-bond donors (Lipinski definition) is 3. The second-order valence-corrected chi connectivity index (χ2v) is 5.41. The fourth-order valence-electron chi connectivity index (χ4n) is 2.92. The third kappa shape index (κ3) is 4.05. The summed E-state index contributed by atoms with van der Waals surface area (Å²) in [6.07, 6.45) is 4.64. The van der Waals surface area contributed by atoms with Gasteiger partial charge in [0.2, 0.25) is 0 Å². The van der Waals surface area contributed by atoms with E-state index in [1.807, 2.05) is 0 Å². The van der Waals surface area contributed by atoms with Gasteiger partial charge < -0.3 is 14.9 Å². The highest BCUT2D eigenvalue weighted by Gasteiger charge is 2.27. The van der Waals surface area contributed by atoms with Crippen LogP contribution in [0.5, 0.6) is 0 Å². The van der Waals surface area contributed by atoms with Crippen molar-refractivity contribution in [1.29, 1.82) is 0 Å². The van der Waals surface area contributed by atoms with Crippen LogP contribution < -0.4 is 0 Å². The number of nitrogens with zero attached hydrogens (tertiary/aromatic N) is 2. The summed E-state index contributed by atoms with van der Waals surface area (Å²) in [7, 11) is 0. The van der Waals surface area contributed by atoms with Crippen molar-refractivity contribution in [2.45, 2.75) is 38.3 Å². The van der Waals surface area contributed by atoms with Gasteiger partial charge in [-0.25, -0.2) is 4.79 Å². The zero-order valence-electron chi connectivity index (χ0n) is 12.3. The van der Waals surface area contributed by atoms with Crippen molar-refractivity contribution in [3.05, 3.63) is 17.0 Å². The van der Waals surface area contributed by atoms with Crippen LogP contribution in [0.15, 0.2) is 0 Å². The Morgan fingerprint density at radius 2 is 2.27 bits per heavy atom. The molecule has 1 atom stereocenters. The van der Waals surface area contributed by atoms with Gasteiger partial charge in [-0.05, 0) is 19.3 Å². The van der Waals surface area contributed by atoms with Gasteiger partial charge in [0, 0.05) is 43.9 Å². The second-order valence-electron chi connectivity index (χ2n) is 5.41. The van der Waals surface area contributed by atoms with Gasteiger partial charge in [-0.15, -0.1) is 0 Å². The highest BCUT2D eigenvalue weighted by Crippen LogP contribution is 2.22. The van der Waals surface area contributed by atoms with Gasteiger partial charge >= 0.3 is 5.97 Å². The molecule has 0 amide bonds. The minimum Gasteiger partial charge on any atom is -0.483 e. The number of carbonyl (C=O) groups is 2. The molecule has 0 spiro atoms. The summed E-state index contributed by atoms with van der Waals surface area (Å²) in [5.41, 5.74) is 1.98. The lowest BCUT2D eigenvalue weighted by Crippen LogP contribution is -2.39. The molecule has 2 aliphatic heterocycles. The number of carboxylic acid groups (broad SMARTS) is 2. The zero-order chi connectivity index (χ0) is 15.9. The van der Waals surface area contributed by atoms with Gasteiger partial charge in [0.05, 0.1) is 6.10 Å². The predicted octanol–water partition coefficient (Wildman–Crippen LogP) is 0.736. The maximum Gasteiger partial charge on any atom is 0.356 e. The molecule has 3 N–H and O–H groups in total. The average molecular weight is 311 g/mol. The molecule has 0 bridgehead atoms. The van der Waals surface area contributed by atoms with Crippen LogP contribution in [0.3, 0.4) is 0 Å². The summed E-state index contributed by atoms with van der Waals surface area (Å²) < 4.78 is 5.75. The third-order valence-corrected chi connectivity index (χ3v) is 3.95. The van der Waals surface area contributed by atoms with Gasteiger partial charge in [-0.1, -0.05) is 0 Å². The van der Waals surface area contributed by atoms with E-state index in [1.54, 1.807) is 0 Å². The van der Waals surface area contributed by atoms with Crippen LogP contribution in [-0.2, 0) is 22.5 Å². The van der Waals surface area contributed by atoms with Gasteiger partial charge in [-0.2, -0.15) is 5.10 Å². The Labute approximate surface area is 128 Å². The Hall–Kier alpha value is -1.93. The number of nitrogens with one attached hydrogen (secondary N) is 1. The van der Waals surface area contributed by atoms with Crippen molar-refractivity contribution in [3.63, 3.8) is 0 Å². The number of H-pyrrole nitrogens is 1. The van der Waals surface area contributed by atoms with Crippen molar-refractivity contribution >= 4 is 12.4 Å². The molecule has 0 radical (unpaired) electrons. The third-order valence-electron chi connectivity index (χ3n) is 3.95. The zero-order valence-corrected chi connectivity index (χ0v) is 12.3. The molecular formula is C14H21N3O5. The minimum absolute atomic E-state index is 0.171. The number of fused-ring (bicyclic) bond motifs is 1. The smallest absolute Gasteiger partial charge is 0.356 e. The Morgan fingerprint density at radius 3 is 2.91 bits per heavy atom. The van der Waals surface area contributed by atoms with Gasteiger partial charge in [0.25, 0.3) is 6.47 Å². The lowest BCUT2D eigenvalue weighted by Gasteiger charge is -2.32. The maximum atomic E-state index is 11.1. The van der Waals surface area contributed by atoms with Crippen LogP contribution in [0.4, 0.5) is 0 Å². The molecule has 0 aliphatic carbocycles. The highest BCUT2D eigenvalue weighted by molar-refractivity contribution is 5.87. The molecule has 1 aromatic rings. The summed E-state index contributed by atoms with van der Waals surface area (Å²) >= 11 is 0. The highest BCUT2D eigenvalue weighted by atomic mass is 16.5. The molecule has 1 unspecified atom stereocenters. The molecule has 1 aromatic heterocycles. The van der Waals surface area contributed by atoms with Crippen molar-refractivity contribution in [1.82, 2.24) is 15.1 Å². The van der Waals surface area contributed by atoms with E-state index in [9.17, 15) is 4.79 Å². The Morgan fingerprint density at radius 1 is 1.50 bits per heavy atom. The van der Waals surface area contributed by atoms with E-state index in [4.69, 9.17) is 19.7 Å². The molecule has 8 nitrogen and oxygen atoms in total. The molecule has 3 rings (SSSR count). The van der Waals surface area contributed by atoms with E-state index in [0.29, 0.717) is 12.6 Å². The van der Waals surface area contributed by atoms with Crippen LogP contribution in [0, 0.1) is 0 Å². The maximum absolute atomic E-state index is 11.1. The standard InChI is InChI=1S/C13H19N3O3.CH2O2/c17-13(18)12-10-8-16(5-4-11(10)14-15-12)7-9-3-1-2-6-19-9;2-1-3/h9H,1-8H2,(H,14,15)(H,17,18);1H,(H,2,3). The summed E-state index contributed by atoms with van der Waals surface area (Å²) in [4.78, 5) is 21.7. The summed E-state index contributed by atoms with van der Waals surface area (Å²) in [5.74, 6) is -0.951. The van der Waals surface area contributed by atoms with E-state index >= 15 is 0 Å². The lowest BCUT2D eigenvalue weighted by atomic mass is 10.0. The first kappa shape index (κ1) is 16.4. The van der Waals surface area contributed by atoms with Crippen LogP contribution in [0.25, 0.3) is 0 Å². The molecule has 0 aromatic carbocycles. The van der Waals surface area contributed by atoms with Gasteiger partial charge in [0.15, 0.2) is 5.69 Å². The Kier molecular flexibility index (Phi) is 5.91. The first-order valence-corrected chi connectivity index (χ1v) is 7.37. The van der Waals surface area contributed by atoms with Crippen molar-refractivity contribution < 1.29 is 24.5 Å². The van der Waals surface area contributed by atoms with Crippen molar-refractivity contribution in [2.24, 2.45) is 0 Å². The number of hydrogen-bond acceptors (Lipinski definition) is 5. The normalized spacial score (nSPS) is 21.4. The Balaban J connectivity index is 0.000000545. The number of rotatable bonds is 3. The second kappa shape index (κ2) is 7.90. The lowest BCUT2D eigenvalue weighted by molar-refractivity contribution is -0.122. The average Bonchev–Trinajstić information content (AvgIpc) is 2.92. The van der Waals surface area contributed by atoms with Crippen LogP contribution in [0.1, 0.15) is 41.0 Å². The van der Waals surface area contributed by atoms with Crippen molar-refractivity contribution in [3.8, 4) is 0 Å². The number of carboxylic acids is 1. The first-order chi connectivity index (χ1) is 10.7. The summed E-state index contributed by atoms with van der Waals surface area (Å²) in [5, 5.41) is 22.7. The topological polar surface area (TPSA) is 116 Å². The minimum atomic E-state index is -0.951. The SMILES string of the molecule is O=C(O)c1n[nH]c2c1CN(CC1CCCCO1)CC2.O=CO. The molecule has 22 heavy (non-hydrogen) atoms. The number of aromatic carboxylic acids is 1. The van der Waals surface area contributed by atoms with E-state index in [1.165, 1.54) is 6.42 Å². The quantitative estimate of drug-likeness (QED) is 0.705. The largest absolute Gasteiger partial charge is 0.483 e. The van der Waals surface area contributed by atoms with Gasteiger partial charge in [-0.3, -0.25) is 14.8 Å². The van der Waals surface area contributed by atoms with E-state index in [-0.39, 0.29) is 12.2 Å². The van der Waals surface area contributed by atoms with Gasteiger partial charge in [0.1, 0.15) is 0 Å². The molecule has 3 heterocycles. The molecule has 1 fully saturated rings. The van der Waals surface area contributed by atoms with Crippen LogP contribution in [-0.4, -0.2) is 63.6 Å². The van der Waals surface area contributed by atoms with E-state index in [2.05, 4.69) is 15.1 Å².